The van der Waals surface area contributed by atoms with Crippen LogP contribution in [0.25, 0.3) is 11.0 Å². The Morgan fingerprint density at radius 3 is 2.64 bits per heavy atom. The van der Waals surface area contributed by atoms with Crippen molar-refractivity contribution in [3.63, 3.8) is 0 Å². The van der Waals surface area contributed by atoms with Crippen LogP contribution in [0.15, 0.2) is 54.7 Å². The lowest BCUT2D eigenvalue weighted by molar-refractivity contribution is -0.128. The second kappa shape index (κ2) is 9.95. The number of para-hydroxylation sites is 1. The van der Waals surface area contributed by atoms with E-state index in [0.717, 1.165) is 48.3 Å². The SMILES string of the molecule is Cc1ccc(NCC(=O)N2CCCC2)cc1Nc1nc(Nc2ccccc2C(N)=O)c2cc[nH]c2n1. The van der Waals surface area contributed by atoms with Gasteiger partial charge in [0.1, 0.15) is 11.5 Å². The maximum Gasteiger partial charge on any atom is 0.250 e. The molecule has 0 saturated carbocycles. The van der Waals surface area contributed by atoms with Crippen molar-refractivity contribution in [1.82, 2.24) is 19.9 Å². The Morgan fingerprint density at radius 1 is 1.03 bits per heavy atom. The highest BCUT2D eigenvalue weighted by Gasteiger charge is 2.18. The molecule has 2 amide bonds. The molecule has 4 aromatic rings. The first-order chi connectivity index (χ1) is 17.5. The number of nitrogens with one attached hydrogen (secondary N) is 4. The summed E-state index contributed by atoms with van der Waals surface area (Å²) in [6.07, 6.45) is 3.92. The molecular weight excluding hydrogens is 456 g/mol. The van der Waals surface area contributed by atoms with Gasteiger partial charge in [-0.25, -0.2) is 0 Å². The van der Waals surface area contributed by atoms with Gasteiger partial charge in [-0.3, -0.25) is 9.59 Å². The average Bonchev–Trinajstić information content (AvgIpc) is 3.57. The van der Waals surface area contributed by atoms with E-state index in [-0.39, 0.29) is 12.5 Å². The minimum absolute atomic E-state index is 0.107. The molecule has 0 radical (unpaired) electrons. The van der Waals surface area contributed by atoms with Crippen LogP contribution in [0.2, 0.25) is 0 Å². The van der Waals surface area contributed by atoms with Gasteiger partial charge in [-0.15, -0.1) is 0 Å². The monoisotopic (exact) mass is 484 g/mol. The summed E-state index contributed by atoms with van der Waals surface area (Å²) < 4.78 is 0. The molecule has 2 aromatic carbocycles. The van der Waals surface area contributed by atoms with E-state index in [1.165, 1.54) is 0 Å². The summed E-state index contributed by atoms with van der Waals surface area (Å²) >= 11 is 0. The van der Waals surface area contributed by atoms with Gasteiger partial charge in [-0.05, 0) is 55.7 Å². The molecule has 1 fully saturated rings. The Bertz CT molecular complexity index is 1420. The number of carbonyl (C=O) groups is 2. The highest BCUT2D eigenvalue weighted by atomic mass is 16.2. The number of aromatic amines is 1. The van der Waals surface area contributed by atoms with Gasteiger partial charge in [-0.2, -0.15) is 9.97 Å². The van der Waals surface area contributed by atoms with Gasteiger partial charge < -0.3 is 31.6 Å². The first kappa shape index (κ1) is 23.2. The van der Waals surface area contributed by atoms with Crippen LogP contribution in [0.3, 0.4) is 0 Å². The molecule has 6 N–H and O–H groups in total. The van der Waals surface area contributed by atoms with Crippen molar-refractivity contribution in [2.24, 2.45) is 5.73 Å². The maximum absolute atomic E-state index is 12.4. The average molecular weight is 485 g/mol. The summed E-state index contributed by atoms with van der Waals surface area (Å²) in [7, 11) is 0. The normalized spacial score (nSPS) is 13.1. The van der Waals surface area contributed by atoms with E-state index in [4.69, 9.17) is 5.73 Å². The van der Waals surface area contributed by atoms with E-state index in [2.05, 4.69) is 30.9 Å². The van der Waals surface area contributed by atoms with Crippen LogP contribution in [0.1, 0.15) is 28.8 Å². The molecule has 1 aliphatic rings. The van der Waals surface area contributed by atoms with Crippen molar-refractivity contribution in [3.8, 4) is 0 Å². The number of nitrogens with two attached hydrogens (primary N) is 1. The Kier molecular flexibility index (Phi) is 6.40. The van der Waals surface area contributed by atoms with Crippen LogP contribution in [-0.4, -0.2) is 51.3 Å². The van der Waals surface area contributed by atoms with Crippen LogP contribution < -0.4 is 21.7 Å². The van der Waals surface area contributed by atoms with E-state index in [0.29, 0.717) is 28.7 Å². The minimum atomic E-state index is -0.529. The van der Waals surface area contributed by atoms with Gasteiger partial charge in [0.15, 0.2) is 0 Å². The number of aryl methyl sites for hydroxylation is 1. The molecule has 0 atom stereocenters. The second-order valence-corrected chi connectivity index (χ2v) is 8.77. The smallest absolute Gasteiger partial charge is 0.250 e. The van der Waals surface area contributed by atoms with E-state index in [9.17, 15) is 9.59 Å². The van der Waals surface area contributed by atoms with Crippen LogP contribution in [0, 0.1) is 6.92 Å². The molecule has 0 aliphatic carbocycles. The van der Waals surface area contributed by atoms with Gasteiger partial charge in [0.25, 0.3) is 5.91 Å². The molecule has 1 saturated heterocycles. The van der Waals surface area contributed by atoms with Crippen LogP contribution in [-0.2, 0) is 4.79 Å². The lowest BCUT2D eigenvalue weighted by Crippen LogP contribution is -2.32. The van der Waals surface area contributed by atoms with Crippen molar-refractivity contribution in [2.45, 2.75) is 19.8 Å². The van der Waals surface area contributed by atoms with E-state index >= 15 is 0 Å². The third kappa shape index (κ3) is 4.92. The number of amides is 2. The first-order valence-corrected chi connectivity index (χ1v) is 11.9. The molecule has 0 spiro atoms. The fourth-order valence-electron chi connectivity index (χ4n) is 4.27. The van der Waals surface area contributed by atoms with Gasteiger partial charge in [0, 0.05) is 30.7 Å². The van der Waals surface area contributed by atoms with Gasteiger partial charge >= 0.3 is 0 Å². The number of nitrogens with zero attached hydrogens (tertiary/aromatic N) is 3. The zero-order valence-corrected chi connectivity index (χ0v) is 20.0. The third-order valence-corrected chi connectivity index (χ3v) is 6.25. The number of primary amides is 1. The van der Waals surface area contributed by atoms with E-state index < -0.39 is 5.91 Å². The summed E-state index contributed by atoms with van der Waals surface area (Å²) in [6, 6.07) is 14.7. The lowest BCUT2D eigenvalue weighted by Gasteiger charge is -2.17. The van der Waals surface area contributed by atoms with Gasteiger partial charge in [-0.1, -0.05) is 18.2 Å². The molecule has 3 heterocycles. The molecule has 0 unspecified atom stereocenters. The molecule has 184 valence electrons. The number of carbonyl (C=O) groups excluding carboxylic acids is 2. The zero-order chi connectivity index (χ0) is 25.1. The Balaban J connectivity index is 1.38. The Morgan fingerprint density at radius 2 is 1.83 bits per heavy atom. The fourth-order valence-corrected chi connectivity index (χ4v) is 4.27. The van der Waals surface area contributed by atoms with Crippen molar-refractivity contribution in [2.75, 3.05) is 35.6 Å². The molecule has 10 heteroatoms. The highest BCUT2D eigenvalue weighted by molar-refractivity contribution is 6.00. The largest absolute Gasteiger partial charge is 0.376 e. The maximum atomic E-state index is 12.4. The highest BCUT2D eigenvalue weighted by Crippen LogP contribution is 2.29. The molecule has 5 rings (SSSR count). The van der Waals surface area contributed by atoms with Gasteiger partial charge in [0.05, 0.1) is 23.2 Å². The predicted molar refractivity (Wildman–Crippen MR) is 141 cm³/mol. The number of hydrogen-bond acceptors (Lipinski definition) is 7. The number of fused-ring (bicyclic) bond motifs is 1. The molecule has 10 nitrogen and oxygen atoms in total. The molecule has 1 aliphatic heterocycles. The fraction of sp³-hybridized carbons (Fsp3) is 0.231. The molecule has 2 aromatic heterocycles. The number of hydrogen-bond donors (Lipinski definition) is 5. The van der Waals surface area contributed by atoms with Crippen LogP contribution in [0.4, 0.5) is 28.8 Å². The Hall–Kier alpha value is -4.60. The number of aromatic nitrogens is 3. The third-order valence-electron chi connectivity index (χ3n) is 6.25. The van der Waals surface area contributed by atoms with E-state index in [1.807, 2.05) is 42.2 Å². The number of benzene rings is 2. The number of rotatable bonds is 8. The summed E-state index contributed by atoms with van der Waals surface area (Å²) in [6.45, 7) is 3.90. The van der Waals surface area contributed by atoms with E-state index in [1.54, 1.807) is 24.4 Å². The number of anilines is 5. The van der Waals surface area contributed by atoms with Crippen molar-refractivity contribution < 1.29 is 9.59 Å². The van der Waals surface area contributed by atoms with Crippen molar-refractivity contribution in [3.05, 3.63) is 65.9 Å². The lowest BCUT2D eigenvalue weighted by atomic mass is 10.1. The summed E-state index contributed by atoms with van der Waals surface area (Å²) in [5.74, 6) is 0.479. The standard InChI is InChI=1S/C26H28N8O2/c1-16-8-9-17(29-15-22(35)34-12-4-5-13-34)14-21(16)31-26-32-24-19(10-11-28-24)25(33-26)30-20-7-3-2-6-18(20)23(27)36/h2-3,6-11,14,29H,4-5,12-13,15H2,1H3,(H2,27,36)(H3,28,30,31,32,33). The topological polar surface area (TPSA) is 141 Å². The second-order valence-electron chi connectivity index (χ2n) is 8.77. The van der Waals surface area contributed by atoms with Crippen molar-refractivity contribution in [1.29, 1.82) is 0 Å². The van der Waals surface area contributed by atoms with Gasteiger partial charge in [0.2, 0.25) is 11.9 Å². The Labute approximate surface area is 208 Å². The summed E-state index contributed by atoms with van der Waals surface area (Å²) in [4.78, 5) is 38.6. The minimum Gasteiger partial charge on any atom is -0.376 e. The van der Waals surface area contributed by atoms with Crippen LogP contribution >= 0.6 is 0 Å². The molecule has 0 bridgehead atoms. The number of H-pyrrole nitrogens is 1. The first-order valence-electron chi connectivity index (χ1n) is 11.9. The molecular formula is C26H28N8O2. The summed E-state index contributed by atoms with van der Waals surface area (Å²) in [5.41, 5.74) is 9.73. The predicted octanol–water partition coefficient (Wildman–Crippen LogP) is 3.89. The number of likely N-dealkylation sites (tertiary alicyclic amines) is 1. The zero-order valence-electron chi connectivity index (χ0n) is 20.0. The summed E-state index contributed by atoms with van der Waals surface area (Å²) in [5, 5.41) is 10.5. The quantitative estimate of drug-likeness (QED) is 0.255. The van der Waals surface area contributed by atoms with Crippen molar-refractivity contribution >= 4 is 51.7 Å². The molecule has 36 heavy (non-hydrogen) atoms. The van der Waals surface area contributed by atoms with Crippen LogP contribution in [0.5, 0.6) is 0 Å².